The summed E-state index contributed by atoms with van der Waals surface area (Å²) in [6.07, 6.45) is 6.56. The molecular weight excluding hydrogens is 428 g/mol. The summed E-state index contributed by atoms with van der Waals surface area (Å²) in [7, 11) is 1.73. The molecule has 32 heavy (non-hydrogen) atoms. The third kappa shape index (κ3) is 5.15. The molecule has 3 aromatic rings. The highest BCUT2D eigenvalue weighted by Gasteiger charge is 2.15. The molecule has 0 N–H and O–H groups in total. The van der Waals surface area contributed by atoms with Crippen molar-refractivity contribution in [2.24, 2.45) is 10.1 Å². The van der Waals surface area contributed by atoms with E-state index in [4.69, 9.17) is 5.10 Å². The maximum Gasteiger partial charge on any atom is 0.387 e. The fourth-order valence-electron chi connectivity index (χ4n) is 4.19. The summed E-state index contributed by atoms with van der Waals surface area (Å²) in [6, 6.07) is 15.3. The van der Waals surface area contributed by atoms with Crippen LogP contribution >= 0.6 is 11.3 Å². The molecule has 1 aliphatic rings. The van der Waals surface area contributed by atoms with Gasteiger partial charge in [-0.2, -0.15) is 13.9 Å². The Labute approximate surface area is 190 Å². The Hall–Kier alpha value is -2.80. The van der Waals surface area contributed by atoms with Gasteiger partial charge in [-0.05, 0) is 61.1 Å². The molecule has 1 heterocycles. The van der Waals surface area contributed by atoms with E-state index in [2.05, 4.69) is 34.0 Å². The van der Waals surface area contributed by atoms with Crippen molar-refractivity contribution < 1.29 is 13.5 Å². The van der Waals surface area contributed by atoms with Crippen LogP contribution in [-0.2, 0) is 0 Å². The number of benzene rings is 2. The van der Waals surface area contributed by atoms with Gasteiger partial charge >= 0.3 is 6.61 Å². The third-order valence-corrected chi connectivity index (χ3v) is 6.81. The number of alkyl halides is 2. The molecule has 0 saturated heterocycles. The van der Waals surface area contributed by atoms with Gasteiger partial charge in [0.2, 0.25) is 4.80 Å². The molecule has 4 rings (SSSR count). The average Bonchev–Trinajstić information content (AvgIpc) is 3.22. The standard InChI is InChI=1S/C25H27F2N3OS/c1-17(18-8-10-20(11-9-18)19-6-4-3-5-7-19)29-30-23(16-32-25(30)28-2)21-12-14-22(15-13-21)31-24(26)27/h8-16,19,24H,3-7H2,1-2H3. The molecule has 0 radical (unpaired) electrons. The lowest BCUT2D eigenvalue weighted by atomic mass is 9.84. The minimum atomic E-state index is -2.84. The molecule has 0 atom stereocenters. The fraction of sp³-hybridized carbons (Fsp3) is 0.360. The zero-order valence-electron chi connectivity index (χ0n) is 18.3. The van der Waals surface area contributed by atoms with Crippen LogP contribution in [0.15, 0.2) is 64.0 Å². The van der Waals surface area contributed by atoms with E-state index in [1.165, 1.54) is 61.1 Å². The number of aromatic nitrogens is 1. The van der Waals surface area contributed by atoms with Gasteiger partial charge in [-0.1, -0.05) is 43.5 Å². The van der Waals surface area contributed by atoms with Crippen LogP contribution in [-0.4, -0.2) is 24.0 Å². The van der Waals surface area contributed by atoms with Gasteiger partial charge in [-0.25, -0.2) is 4.68 Å². The number of ether oxygens (including phenoxy) is 1. The molecule has 0 amide bonds. The normalized spacial score (nSPS) is 16.0. The third-order valence-electron chi connectivity index (χ3n) is 5.91. The predicted molar refractivity (Wildman–Crippen MR) is 126 cm³/mol. The van der Waals surface area contributed by atoms with E-state index < -0.39 is 6.61 Å². The van der Waals surface area contributed by atoms with Gasteiger partial charge in [0.1, 0.15) is 5.75 Å². The van der Waals surface area contributed by atoms with Crippen molar-refractivity contribution in [1.29, 1.82) is 0 Å². The molecule has 0 unspecified atom stereocenters. The number of thiazole rings is 1. The van der Waals surface area contributed by atoms with E-state index in [1.54, 1.807) is 23.9 Å². The van der Waals surface area contributed by atoms with E-state index in [1.807, 2.05) is 12.3 Å². The van der Waals surface area contributed by atoms with Gasteiger partial charge in [0, 0.05) is 18.0 Å². The van der Waals surface area contributed by atoms with E-state index in [9.17, 15) is 8.78 Å². The van der Waals surface area contributed by atoms with Crippen molar-refractivity contribution in [2.45, 2.75) is 51.6 Å². The zero-order chi connectivity index (χ0) is 22.5. The Bertz CT molecular complexity index is 1130. The van der Waals surface area contributed by atoms with Crippen LogP contribution in [0, 0.1) is 0 Å². The lowest BCUT2D eigenvalue weighted by Crippen LogP contribution is -2.14. The lowest BCUT2D eigenvalue weighted by molar-refractivity contribution is -0.0498. The van der Waals surface area contributed by atoms with E-state index in [-0.39, 0.29) is 5.75 Å². The number of hydrogen-bond acceptors (Lipinski definition) is 4. The van der Waals surface area contributed by atoms with E-state index in [0.717, 1.165) is 27.3 Å². The summed E-state index contributed by atoms with van der Waals surface area (Å²) >= 11 is 1.48. The molecule has 0 aliphatic heterocycles. The highest BCUT2D eigenvalue weighted by molar-refractivity contribution is 7.07. The first kappa shape index (κ1) is 22.4. The first-order valence-corrected chi connectivity index (χ1v) is 11.8. The van der Waals surface area contributed by atoms with Gasteiger partial charge in [0.05, 0.1) is 11.4 Å². The molecule has 1 fully saturated rings. The van der Waals surface area contributed by atoms with Gasteiger partial charge in [-0.15, -0.1) is 11.3 Å². The SMILES string of the molecule is CN=c1scc(-c2ccc(OC(F)F)cc2)n1N=C(C)c1ccc(C2CCCCC2)cc1. The van der Waals surface area contributed by atoms with Gasteiger partial charge < -0.3 is 4.74 Å². The molecule has 2 aromatic carbocycles. The summed E-state index contributed by atoms with van der Waals surface area (Å²) in [5, 5.41) is 6.81. The van der Waals surface area contributed by atoms with E-state index >= 15 is 0 Å². The predicted octanol–water partition coefficient (Wildman–Crippen LogP) is 6.67. The van der Waals surface area contributed by atoms with Crippen molar-refractivity contribution in [3.63, 3.8) is 0 Å². The van der Waals surface area contributed by atoms with Crippen molar-refractivity contribution in [3.8, 4) is 17.0 Å². The van der Waals surface area contributed by atoms with Crippen LogP contribution in [0.3, 0.4) is 0 Å². The molecule has 0 bridgehead atoms. The van der Waals surface area contributed by atoms with Crippen LogP contribution in [0.2, 0.25) is 0 Å². The molecule has 1 saturated carbocycles. The van der Waals surface area contributed by atoms with Crippen LogP contribution in [0.4, 0.5) is 8.78 Å². The Morgan fingerprint density at radius 3 is 2.34 bits per heavy atom. The first-order valence-electron chi connectivity index (χ1n) is 10.9. The van der Waals surface area contributed by atoms with Gasteiger partial charge in [0.15, 0.2) is 0 Å². The highest BCUT2D eigenvalue weighted by Crippen LogP contribution is 2.32. The summed E-state index contributed by atoms with van der Waals surface area (Å²) in [4.78, 5) is 5.10. The molecular formula is C25H27F2N3OS. The minimum Gasteiger partial charge on any atom is -0.435 e. The number of hydrogen-bond donors (Lipinski definition) is 0. The van der Waals surface area contributed by atoms with E-state index in [0.29, 0.717) is 5.92 Å². The monoisotopic (exact) mass is 455 g/mol. The average molecular weight is 456 g/mol. The largest absolute Gasteiger partial charge is 0.435 e. The Balaban J connectivity index is 1.61. The molecule has 7 heteroatoms. The second-order valence-electron chi connectivity index (χ2n) is 7.98. The number of halogens is 2. The molecule has 4 nitrogen and oxygen atoms in total. The molecule has 168 valence electrons. The minimum absolute atomic E-state index is 0.128. The van der Waals surface area contributed by atoms with Gasteiger partial charge in [-0.3, -0.25) is 4.99 Å². The molecule has 0 spiro atoms. The zero-order valence-corrected chi connectivity index (χ0v) is 19.1. The van der Waals surface area contributed by atoms with Gasteiger partial charge in [0.25, 0.3) is 0 Å². The topological polar surface area (TPSA) is 38.9 Å². The van der Waals surface area contributed by atoms with Crippen molar-refractivity contribution in [1.82, 2.24) is 4.68 Å². The first-order chi connectivity index (χ1) is 15.5. The molecule has 1 aromatic heterocycles. The maximum absolute atomic E-state index is 12.4. The number of nitrogens with zero attached hydrogens (tertiary/aromatic N) is 3. The van der Waals surface area contributed by atoms with Crippen LogP contribution < -0.4 is 9.54 Å². The van der Waals surface area contributed by atoms with Crippen LogP contribution in [0.5, 0.6) is 5.75 Å². The maximum atomic E-state index is 12.4. The summed E-state index contributed by atoms with van der Waals surface area (Å²) in [5.74, 6) is 0.805. The fourth-order valence-corrected chi connectivity index (χ4v) is 4.99. The van der Waals surface area contributed by atoms with Crippen molar-refractivity contribution >= 4 is 17.0 Å². The lowest BCUT2D eigenvalue weighted by Gasteiger charge is -2.22. The summed E-state index contributed by atoms with van der Waals surface area (Å²) in [6.45, 7) is -0.850. The highest BCUT2D eigenvalue weighted by atomic mass is 32.1. The Kier molecular flexibility index (Phi) is 7.15. The van der Waals surface area contributed by atoms with Crippen LogP contribution in [0.1, 0.15) is 56.1 Å². The second kappa shape index (κ2) is 10.2. The quantitative estimate of drug-likeness (QED) is 0.383. The smallest absolute Gasteiger partial charge is 0.387 e. The molecule has 1 aliphatic carbocycles. The Morgan fingerprint density at radius 1 is 1.03 bits per heavy atom. The second-order valence-corrected chi connectivity index (χ2v) is 8.82. The summed E-state index contributed by atoms with van der Waals surface area (Å²) in [5.41, 5.74) is 5.06. The van der Waals surface area contributed by atoms with Crippen molar-refractivity contribution in [3.05, 3.63) is 69.8 Å². The Morgan fingerprint density at radius 2 is 1.72 bits per heavy atom. The van der Waals surface area contributed by atoms with Crippen molar-refractivity contribution in [2.75, 3.05) is 7.05 Å². The van der Waals surface area contributed by atoms with Crippen LogP contribution in [0.25, 0.3) is 11.3 Å². The summed E-state index contributed by atoms with van der Waals surface area (Å²) < 4.78 is 31.1. The number of rotatable bonds is 6.